The minimum atomic E-state index is -0.299. The molecule has 26 heavy (non-hydrogen) atoms. The summed E-state index contributed by atoms with van der Waals surface area (Å²) in [6, 6.07) is 8.75. The van der Waals surface area contributed by atoms with Crippen molar-refractivity contribution in [3.05, 3.63) is 68.8 Å². The Morgan fingerprint density at radius 3 is 2.88 bits per heavy atom. The third-order valence-corrected chi connectivity index (χ3v) is 4.72. The predicted octanol–water partition coefficient (Wildman–Crippen LogP) is 4.25. The first-order valence-corrected chi connectivity index (χ1v) is 9.03. The van der Waals surface area contributed by atoms with Gasteiger partial charge in [0.1, 0.15) is 18.1 Å². The molecule has 2 heterocycles. The van der Waals surface area contributed by atoms with Gasteiger partial charge in [0.25, 0.3) is 5.91 Å². The van der Waals surface area contributed by atoms with Crippen molar-refractivity contribution in [3.63, 3.8) is 0 Å². The van der Waals surface area contributed by atoms with Gasteiger partial charge >= 0.3 is 0 Å². The molecule has 0 aliphatic heterocycles. The summed E-state index contributed by atoms with van der Waals surface area (Å²) >= 11 is 9.33. The number of hydrogen-bond acceptors (Lipinski definition) is 4. The number of furan rings is 1. The summed E-state index contributed by atoms with van der Waals surface area (Å²) in [6.45, 7) is 2.48. The Kier molecular flexibility index (Phi) is 5.68. The average Bonchev–Trinajstić information content (AvgIpc) is 3.19. The van der Waals surface area contributed by atoms with E-state index in [2.05, 4.69) is 26.3 Å². The molecule has 0 atom stereocenters. The molecule has 0 fully saturated rings. The van der Waals surface area contributed by atoms with E-state index >= 15 is 0 Å². The van der Waals surface area contributed by atoms with Gasteiger partial charge in [0.05, 0.1) is 22.9 Å². The van der Waals surface area contributed by atoms with Crippen LogP contribution >= 0.6 is 27.5 Å². The normalized spacial score (nSPS) is 10.8. The van der Waals surface area contributed by atoms with Crippen LogP contribution in [0.25, 0.3) is 0 Å². The zero-order chi connectivity index (χ0) is 18.7. The molecule has 0 aliphatic rings. The fourth-order valence-electron chi connectivity index (χ4n) is 2.39. The Bertz CT molecular complexity index is 916. The standard InChI is InChI=1S/C18H17BrClN3O3/c1-11-7-12(20)3-5-16(11)25-10-13-4-6-17(26-13)18(24)21-9-15-14(19)8-22-23(15)2/h3-8H,9-10H2,1-2H3,(H,21,24). The molecule has 8 heteroatoms. The van der Waals surface area contributed by atoms with Gasteiger partial charge in [-0.15, -0.1) is 0 Å². The average molecular weight is 439 g/mol. The monoisotopic (exact) mass is 437 g/mol. The lowest BCUT2D eigenvalue weighted by Crippen LogP contribution is -2.23. The number of amides is 1. The molecule has 6 nitrogen and oxygen atoms in total. The van der Waals surface area contributed by atoms with Crippen LogP contribution in [-0.4, -0.2) is 15.7 Å². The van der Waals surface area contributed by atoms with Gasteiger partial charge in [-0.05, 0) is 58.7 Å². The molecule has 0 radical (unpaired) electrons. The van der Waals surface area contributed by atoms with Gasteiger partial charge in [-0.1, -0.05) is 11.6 Å². The van der Waals surface area contributed by atoms with Crippen molar-refractivity contribution in [2.75, 3.05) is 0 Å². The Balaban J connectivity index is 1.57. The molecule has 2 aromatic heterocycles. The van der Waals surface area contributed by atoms with Gasteiger partial charge in [-0.3, -0.25) is 9.48 Å². The summed E-state index contributed by atoms with van der Waals surface area (Å²) in [4.78, 5) is 12.2. The number of nitrogens with one attached hydrogen (secondary N) is 1. The topological polar surface area (TPSA) is 69.3 Å². The second-order valence-corrected chi connectivity index (χ2v) is 7.00. The van der Waals surface area contributed by atoms with Crippen LogP contribution in [0.1, 0.15) is 27.6 Å². The molecule has 136 valence electrons. The number of hydrogen-bond donors (Lipinski definition) is 1. The molecule has 1 amide bonds. The van der Waals surface area contributed by atoms with Crippen molar-refractivity contribution in [1.29, 1.82) is 0 Å². The van der Waals surface area contributed by atoms with E-state index < -0.39 is 0 Å². The van der Waals surface area contributed by atoms with Crippen molar-refractivity contribution >= 4 is 33.4 Å². The molecule has 0 saturated heterocycles. The molecule has 3 rings (SSSR count). The summed E-state index contributed by atoms with van der Waals surface area (Å²) < 4.78 is 13.8. The Labute approximate surface area is 164 Å². The van der Waals surface area contributed by atoms with Crippen LogP contribution in [0.4, 0.5) is 0 Å². The zero-order valence-electron chi connectivity index (χ0n) is 14.3. The van der Waals surface area contributed by atoms with Gasteiger partial charge in [0, 0.05) is 12.1 Å². The van der Waals surface area contributed by atoms with E-state index in [1.807, 2.05) is 20.0 Å². The van der Waals surface area contributed by atoms with Crippen molar-refractivity contribution in [3.8, 4) is 5.75 Å². The van der Waals surface area contributed by atoms with Gasteiger partial charge in [0.15, 0.2) is 5.76 Å². The molecule has 0 bridgehead atoms. The molecule has 3 aromatic rings. The van der Waals surface area contributed by atoms with Gasteiger partial charge < -0.3 is 14.5 Å². The fraction of sp³-hybridized carbons (Fsp3) is 0.222. The number of benzene rings is 1. The summed E-state index contributed by atoms with van der Waals surface area (Å²) in [7, 11) is 1.81. The van der Waals surface area contributed by atoms with Gasteiger partial charge in [0.2, 0.25) is 0 Å². The molecular weight excluding hydrogens is 422 g/mol. The highest BCUT2D eigenvalue weighted by Crippen LogP contribution is 2.23. The Morgan fingerprint density at radius 2 is 2.19 bits per heavy atom. The molecule has 0 spiro atoms. The summed E-state index contributed by atoms with van der Waals surface area (Å²) in [6.07, 6.45) is 1.68. The van der Waals surface area contributed by atoms with Gasteiger partial charge in [-0.25, -0.2) is 0 Å². The second-order valence-electron chi connectivity index (χ2n) is 5.71. The smallest absolute Gasteiger partial charge is 0.287 e. The predicted molar refractivity (Wildman–Crippen MR) is 101 cm³/mol. The van der Waals surface area contributed by atoms with E-state index in [-0.39, 0.29) is 18.3 Å². The van der Waals surface area contributed by atoms with E-state index in [0.717, 1.165) is 21.5 Å². The number of rotatable bonds is 6. The number of aryl methyl sites for hydroxylation is 2. The molecule has 1 N–H and O–H groups in total. The molecule has 0 aliphatic carbocycles. The lowest BCUT2D eigenvalue weighted by atomic mass is 10.2. The Morgan fingerprint density at radius 1 is 1.38 bits per heavy atom. The second kappa shape index (κ2) is 7.97. The summed E-state index contributed by atoms with van der Waals surface area (Å²) in [5, 5.41) is 7.57. The first-order valence-electron chi connectivity index (χ1n) is 7.86. The minimum absolute atomic E-state index is 0.225. The highest BCUT2D eigenvalue weighted by atomic mass is 79.9. The number of carbonyl (C=O) groups is 1. The first-order chi connectivity index (χ1) is 12.4. The molecular formula is C18H17BrClN3O3. The molecule has 0 saturated carbocycles. The quantitative estimate of drug-likeness (QED) is 0.625. The van der Waals surface area contributed by atoms with Crippen LogP contribution in [0.3, 0.4) is 0 Å². The van der Waals surface area contributed by atoms with Crippen LogP contribution in [0.2, 0.25) is 5.02 Å². The summed E-state index contributed by atoms with van der Waals surface area (Å²) in [5.41, 5.74) is 1.80. The van der Waals surface area contributed by atoms with Crippen LogP contribution in [-0.2, 0) is 20.2 Å². The van der Waals surface area contributed by atoms with Crippen molar-refractivity contribution in [2.24, 2.45) is 7.05 Å². The van der Waals surface area contributed by atoms with E-state index in [0.29, 0.717) is 17.3 Å². The number of ether oxygens (including phenoxy) is 1. The fourth-order valence-corrected chi connectivity index (χ4v) is 3.10. The maximum absolute atomic E-state index is 12.2. The van der Waals surface area contributed by atoms with Crippen LogP contribution in [0, 0.1) is 6.92 Å². The number of nitrogens with zero attached hydrogens (tertiary/aromatic N) is 2. The van der Waals surface area contributed by atoms with Crippen LogP contribution in [0.5, 0.6) is 5.75 Å². The minimum Gasteiger partial charge on any atom is -0.485 e. The number of halogens is 2. The van der Waals surface area contributed by atoms with E-state index in [9.17, 15) is 4.79 Å². The molecule has 0 unspecified atom stereocenters. The molecule has 1 aromatic carbocycles. The maximum atomic E-state index is 12.2. The Hall–Kier alpha value is -2.25. The number of carbonyl (C=O) groups excluding carboxylic acids is 1. The summed E-state index contributed by atoms with van der Waals surface area (Å²) in [5.74, 6) is 1.21. The van der Waals surface area contributed by atoms with Crippen molar-refractivity contribution < 1.29 is 13.9 Å². The van der Waals surface area contributed by atoms with E-state index in [1.54, 1.807) is 35.1 Å². The first kappa shape index (κ1) is 18.5. The van der Waals surface area contributed by atoms with E-state index in [4.69, 9.17) is 20.8 Å². The van der Waals surface area contributed by atoms with Crippen LogP contribution < -0.4 is 10.1 Å². The van der Waals surface area contributed by atoms with Crippen molar-refractivity contribution in [2.45, 2.75) is 20.1 Å². The SMILES string of the molecule is Cc1cc(Cl)ccc1OCc1ccc(C(=O)NCc2c(Br)cnn2C)o1. The third-order valence-electron chi connectivity index (χ3n) is 3.82. The maximum Gasteiger partial charge on any atom is 0.287 e. The highest BCUT2D eigenvalue weighted by Gasteiger charge is 2.14. The zero-order valence-corrected chi connectivity index (χ0v) is 16.6. The van der Waals surface area contributed by atoms with Gasteiger partial charge in [-0.2, -0.15) is 5.10 Å². The largest absolute Gasteiger partial charge is 0.485 e. The van der Waals surface area contributed by atoms with Crippen LogP contribution in [0.15, 0.2) is 45.4 Å². The number of aromatic nitrogens is 2. The van der Waals surface area contributed by atoms with Crippen molar-refractivity contribution in [1.82, 2.24) is 15.1 Å². The van der Waals surface area contributed by atoms with E-state index in [1.165, 1.54) is 0 Å². The third kappa shape index (κ3) is 4.28. The lowest BCUT2D eigenvalue weighted by molar-refractivity contribution is 0.0918. The lowest BCUT2D eigenvalue weighted by Gasteiger charge is -2.08. The highest BCUT2D eigenvalue weighted by molar-refractivity contribution is 9.10.